The van der Waals surface area contributed by atoms with Gasteiger partial charge in [-0.2, -0.15) is 0 Å². The molecule has 0 unspecified atom stereocenters. The minimum atomic E-state index is -0.0373. The molecule has 0 amide bonds. The number of hydrogen-bond donors (Lipinski definition) is 0. The van der Waals surface area contributed by atoms with Crippen LogP contribution in [0.25, 0.3) is 92.2 Å². The smallest absolute Gasteiger partial charge is 0.266 e. The topological polar surface area (TPSA) is 44.2 Å². The summed E-state index contributed by atoms with van der Waals surface area (Å²) in [5, 5.41) is 5.55. The van der Waals surface area contributed by atoms with Crippen LogP contribution in [0.4, 0.5) is 0 Å². The molecule has 7 aromatic carbocycles. The summed E-state index contributed by atoms with van der Waals surface area (Å²) >= 11 is 1.54. The molecule has 0 saturated carbocycles. The predicted octanol–water partition coefficient (Wildman–Crippen LogP) is 10.9. The van der Waals surface area contributed by atoms with Crippen molar-refractivity contribution in [3.63, 3.8) is 0 Å². The van der Waals surface area contributed by atoms with Gasteiger partial charge in [0, 0.05) is 37.6 Å². The molecule has 0 fully saturated rings. The standard InChI is InChI=1S/C44H26N4OS/c49-43-33-14-6-9-17-42(33)50-44-45-36-21-20-30(26-41(36)48(43)44)47-38-16-8-5-13-32(38)35-25-28(19-23-40(35)47)27-18-22-39-34(24-27)31-12-4-7-15-37(31)46(39)29-10-2-1-3-11-29/h1-26H. The van der Waals surface area contributed by atoms with Crippen molar-refractivity contribution >= 4 is 81.0 Å². The SMILES string of the molecule is O=c1c2ccccc2sc2nc3ccc(-n4c5ccccc5c5cc(-c6ccc7c(c6)c6ccccc6n7-c6ccccc6)ccc54)cc3n12. The van der Waals surface area contributed by atoms with Gasteiger partial charge >= 0.3 is 0 Å². The van der Waals surface area contributed by atoms with Crippen LogP contribution in [0.2, 0.25) is 0 Å². The van der Waals surface area contributed by atoms with Crippen LogP contribution in [0.5, 0.6) is 0 Å². The van der Waals surface area contributed by atoms with E-state index in [4.69, 9.17) is 4.98 Å². The zero-order chi connectivity index (χ0) is 32.9. The number of hydrogen-bond acceptors (Lipinski definition) is 3. The Morgan fingerprint density at radius 1 is 0.440 bits per heavy atom. The van der Waals surface area contributed by atoms with E-state index in [0.29, 0.717) is 10.3 Å². The lowest BCUT2D eigenvalue weighted by molar-refractivity contribution is 1.17. The molecule has 0 bridgehead atoms. The fourth-order valence-electron chi connectivity index (χ4n) is 7.83. The average Bonchev–Trinajstić information content (AvgIpc) is 3.82. The van der Waals surface area contributed by atoms with Crippen molar-refractivity contribution in [3.05, 3.63) is 168 Å². The molecular weight excluding hydrogens is 633 g/mol. The highest BCUT2D eigenvalue weighted by atomic mass is 32.1. The number of rotatable bonds is 3. The number of benzene rings is 7. The molecule has 50 heavy (non-hydrogen) atoms. The molecule has 0 aliphatic rings. The maximum Gasteiger partial charge on any atom is 0.266 e. The predicted molar refractivity (Wildman–Crippen MR) is 208 cm³/mol. The summed E-state index contributed by atoms with van der Waals surface area (Å²) in [4.78, 5) is 19.3. The lowest BCUT2D eigenvalue weighted by Gasteiger charge is -2.09. The van der Waals surface area contributed by atoms with Crippen molar-refractivity contribution in [2.45, 2.75) is 0 Å². The summed E-state index contributed by atoms with van der Waals surface area (Å²) in [6, 6.07) is 55.4. The second kappa shape index (κ2) is 10.3. The van der Waals surface area contributed by atoms with E-state index in [-0.39, 0.29) is 5.56 Å². The Hall–Kier alpha value is -6.50. The fourth-order valence-corrected chi connectivity index (χ4v) is 8.86. The van der Waals surface area contributed by atoms with Gasteiger partial charge in [-0.15, -0.1) is 0 Å². The number of imidazole rings is 1. The minimum absolute atomic E-state index is 0.0373. The first-order valence-electron chi connectivity index (χ1n) is 16.7. The third-order valence-electron chi connectivity index (χ3n) is 10.1. The van der Waals surface area contributed by atoms with Crippen LogP contribution < -0.4 is 5.56 Å². The van der Waals surface area contributed by atoms with E-state index in [1.807, 2.05) is 30.3 Å². The zero-order valence-corrected chi connectivity index (χ0v) is 27.4. The van der Waals surface area contributed by atoms with Gasteiger partial charge in [-0.25, -0.2) is 9.38 Å². The van der Waals surface area contributed by atoms with Gasteiger partial charge in [0.15, 0.2) is 4.96 Å². The van der Waals surface area contributed by atoms with E-state index in [1.54, 1.807) is 15.7 Å². The Bertz CT molecular complexity index is 3240. The summed E-state index contributed by atoms with van der Waals surface area (Å²) in [5.74, 6) is 0. The number of fused-ring (bicyclic) bond motifs is 10. The third-order valence-corrected chi connectivity index (χ3v) is 11.1. The van der Waals surface area contributed by atoms with Crippen LogP contribution in [0, 0.1) is 0 Å². The molecule has 5 nitrogen and oxygen atoms in total. The highest BCUT2D eigenvalue weighted by Gasteiger charge is 2.18. The highest BCUT2D eigenvalue weighted by molar-refractivity contribution is 7.23. The van der Waals surface area contributed by atoms with Crippen LogP contribution >= 0.6 is 11.3 Å². The molecule has 11 aromatic rings. The van der Waals surface area contributed by atoms with E-state index < -0.39 is 0 Å². The second-order valence-electron chi connectivity index (χ2n) is 12.8. The summed E-state index contributed by atoms with van der Waals surface area (Å²) in [5.41, 5.74) is 10.7. The van der Waals surface area contributed by atoms with Crippen LogP contribution in [0.1, 0.15) is 0 Å². The summed E-state index contributed by atoms with van der Waals surface area (Å²) in [7, 11) is 0. The van der Waals surface area contributed by atoms with Gasteiger partial charge in [0.05, 0.1) is 38.5 Å². The maximum atomic E-state index is 13.7. The normalized spacial score (nSPS) is 12.1. The Kier molecular flexibility index (Phi) is 5.63. The molecule has 4 aromatic heterocycles. The lowest BCUT2D eigenvalue weighted by Crippen LogP contribution is -2.11. The quantitative estimate of drug-likeness (QED) is 0.190. The Balaban J connectivity index is 1.11. The van der Waals surface area contributed by atoms with Crippen LogP contribution in [-0.2, 0) is 0 Å². The van der Waals surface area contributed by atoms with Crippen LogP contribution in [-0.4, -0.2) is 18.5 Å². The fraction of sp³-hybridized carbons (Fsp3) is 0. The summed E-state index contributed by atoms with van der Waals surface area (Å²) in [6.45, 7) is 0. The van der Waals surface area contributed by atoms with Crippen molar-refractivity contribution < 1.29 is 0 Å². The molecule has 0 N–H and O–H groups in total. The Morgan fingerprint density at radius 2 is 1.00 bits per heavy atom. The van der Waals surface area contributed by atoms with Crippen molar-refractivity contribution in [3.8, 4) is 22.5 Å². The van der Waals surface area contributed by atoms with E-state index in [1.165, 1.54) is 43.7 Å². The summed E-state index contributed by atoms with van der Waals surface area (Å²) < 4.78 is 7.37. The van der Waals surface area contributed by atoms with Crippen LogP contribution in [0.15, 0.2) is 163 Å². The first-order chi connectivity index (χ1) is 24.7. The zero-order valence-electron chi connectivity index (χ0n) is 26.6. The minimum Gasteiger partial charge on any atom is -0.309 e. The van der Waals surface area contributed by atoms with Gasteiger partial charge < -0.3 is 9.13 Å². The molecule has 4 heterocycles. The molecule has 0 aliphatic heterocycles. The van der Waals surface area contributed by atoms with Crippen LogP contribution in [0.3, 0.4) is 0 Å². The van der Waals surface area contributed by atoms with E-state index in [9.17, 15) is 4.79 Å². The summed E-state index contributed by atoms with van der Waals surface area (Å²) in [6.07, 6.45) is 0. The van der Waals surface area contributed by atoms with Gasteiger partial charge in [0.25, 0.3) is 5.56 Å². The number of nitrogens with zero attached hydrogens (tertiary/aromatic N) is 4. The van der Waals surface area contributed by atoms with Gasteiger partial charge in [-0.3, -0.25) is 4.79 Å². The van der Waals surface area contributed by atoms with Crippen molar-refractivity contribution in [2.75, 3.05) is 0 Å². The molecule has 0 spiro atoms. The first-order valence-corrected chi connectivity index (χ1v) is 17.5. The molecule has 0 aliphatic carbocycles. The van der Waals surface area contributed by atoms with E-state index in [2.05, 4.69) is 137 Å². The monoisotopic (exact) mass is 658 g/mol. The number of aromatic nitrogens is 4. The lowest BCUT2D eigenvalue weighted by atomic mass is 10.0. The van der Waals surface area contributed by atoms with Gasteiger partial charge in [-0.1, -0.05) is 90.2 Å². The van der Waals surface area contributed by atoms with E-state index in [0.717, 1.165) is 38.1 Å². The van der Waals surface area contributed by atoms with Gasteiger partial charge in [0.1, 0.15) is 0 Å². The van der Waals surface area contributed by atoms with E-state index >= 15 is 0 Å². The average molecular weight is 659 g/mol. The molecule has 0 atom stereocenters. The Labute approximate surface area is 289 Å². The number of para-hydroxylation sites is 3. The van der Waals surface area contributed by atoms with Crippen molar-refractivity contribution in [1.82, 2.24) is 18.5 Å². The highest BCUT2D eigenvalue weighted by Crippen LogP contribution is 2.38. The molecule has 6 heteroatoms. The third kappa shape index (κ3) is 3.82. The van der Waals surface area contributed by atoms with Gasteiger partial charge in [-0.05, 0) is 90.0 Å². The molecule has 0 radical (unpaired) electrons. The molecule has 11 rings (SSSR count). The molecule has 0 saturated heterocycles. The Morgan fingerprint density at radius 3 is 1.68 bits per heavy atom. The second-order valence-corrected chi connectivity index (χ2v) is 13.8. The van der Waals surface area contributed by atoms with Crippen molar-refractivity contribution in [2.24, 2.45) is 0 Å². The van der Waals surface area contributed by atoms with Crippen molar-refractivity contribution in [1.29, 1.82) is 0 Å². The largest absolute Gasteiger partial charge is 0.309 e. The maximum absolute atomic E-state index is 13.7. The molecular formula is C44H26N4OS. The first kappa shape index (κ1) is 27.5. The van der Waals surface area contributed by atoms with Gasteiger partial charge in [0.2, 0.25) is 0 Å². The molecule has 234 valence electrons.